The number of nitrogens with one attached hydrogen (secondary N) is 1. The van der Waals surface area contributed by atoms with E-state index in [2.05, 4.69) is 15.3 Å². The molecule has 2 rings (SSSR count). The van der Waals surface area contributed by atoms with Crippen LogP contribution in [-0.4, -0.2) is 47.2 Å². The second-order valence-corrected chi connectivity index (χ2v) is 7.42. The number of amides is 1. The summed E-state index contributed by atoms with van der Waals surface area (Å²) in [6, 6.07) is 4.93. The molecule has 9 heteroatoms. The monoisotopic (exact) mass is 390 g/mol. The third-order valence-corrected chi connectivity index (χ3v) is 4.64. The summed E-state index contributed by atoms with van der Waals surface area (Å²) in [5.74, 6) is -0.109. The van der Waals surface area contributed by atoms with Crippen molar-refractivity contribution in [3.8, 4) is 5.75 Å². The number of rotatable bonds is 8. The Morgan fingerprint density at radius 3 is 2.81 bits per heavy atom. The minimum absolute atomic E-state index is 0.0353. The van der Waals surface area contributed by atoms with Gasteiger partial charge >= 0.3 is 0 Å². The maximum atomic E-state index is 12.5. The molecular weight excluding hydrogens is 368 g/mol. The first-order chi connectivity index (χ1) is 12.8. The topological polar surface area (TPSA) is 127 Å². The molecule has 0 aliphatic rings. The van der Waals surface area contributed by atoms with Crippen LogP contribution in [0.4, 0.5) is 5.69 Å². The van der Waals surface area contributed by atoms with E-state index in [1.165, 1.54) is 25.3 Å². The summed E-state index contributed by atoms with van der Waals surface area (Å²) in [5, 5.41) is 12.7. The van der Waals surface area contributed by atoms with Gasteiger partial charge in [0.15, 0.2) is 0 Å². The zero-order valence-corrected chi connectivity index (χ0v) is 16.2. The number of thiazole rings is 1. The summed E-state index contributed by atoms with van der Waals surface area (Å²) in [6.07, 6.45) is 2.22. The molecule has 0 fully saturated rings. The van der Waals surface area contributed by atoms with Crippen molar-refractivity contribution in [1.82, 2.24) is 10.3 Å². The number of aromatic nitrogens is 1. The summed E-state index contributed by atoms with van der Waals surface area (Å²) >= 11 is 1.54. The predicted octanol–water partition coefficient (Wildman–Crippen LogP) is 1.10. The average molecular weight is 390 g/mol. The largest absolute Gasteiger partial charge is 0.488 e. The van der Waals surface area contributed by atoms with Crippen molar-refractivity contribution in [2.45, 2.75) is 26.0 Å². The first-order valence-electron chi connectivity index (χ1n) is 8.12. The van der Waals surface area contributed by atoms with Gasteiger partial charge in [0, 0.05) is 24.5 Å². The molecule has 8 nitrogen and oxygen atoms in total. The van der Waals surface area contributed by atoms with Crippen LogP contribution in [0.3, 0.4) is 0 Å². The van der Waals surface area contributed by atoms with Crippen LogP contribution in [0, 0.1) is 6.92 Å². The first-order valence-corrected chi connectivity index (χ1v) is 8.94. The fourth-order valence-corrected chi connectivity index (χ4v) is 2.93. The van der Waals surface area contributed by atoms with Crippen LogP contribution in [0.25, 0.3) is 0 Å². The number of hydrogen-bond donors (Lipinski definition) is 3. The number of aliphatic hydroxyl groups is 1. The lowest BCUT2D eigenvalue weighted by molar-refractivity contribution is -0.122. The van der Waals surface area contributed by atoms with Crippen LogP contribution in [0.5, 0.6) is 5.75 Å². The Balaban J connectivity index is 2.21. The molecule has 1 unspecified atom stereocenters. The average Bonchev–Trinajstić information content (AvgIpc) is 3.07. The molecule has 27 heavy (non-hydrogen) atoms. The molecular formula is C18H22N4O4S. The number of ether oxygens (including phenoxy) is 1. The number of carbonyl (C=O) groups excluding carboxylic acids is 2. The van der Waals surface area contributed by atoms with Gasteiger partial charge in [0.05, 0.1) is 16.5 Å². The zero-order chi connectivity index (χ0) is 20.0. The molecule has 0 aliphatic carbocycles. The highest BCUT2D eigenvalue weighted by Crippen LogP contribution is 2.23. The van der Waals surface area contributed by atoms with Gasteiger partial charge in [0.2, 0.25) is 0 Å². The third-order valence-electron chi connectivity index (χ3n) is 3.76. The lowest BCUT2D eigenvalue weighted by atomic mass is 10.0. The van der Waals surface area contributed by atoms with Crippen LogP contribution in [0.1, 0.15) is 22.4 Å². The van der Waals surface area contributed by atoms with E-state index in [-0.39, 0.29) is 5.71 Å². The Morgan fingerprint density at radius 2 is 2.26 bits per heavy atom. The Kier molecular flexibility index (Phi) is 6.65. The van der Waals surface area contributed by atoms with Gasteiger partial charge < -0.3 is 25.7 Å². The van der Waals surface area contributed by atoms with Gasteiger partial charge in [-0.1, -0.05) is 0 Å². The van der Waals surface area contributed by atoms with E-state index in [9.17, 15) is 14.7 Å². The molecule has 0 spiro atoms. The highest BCUT2D eigenvalue weighted by molar-refractivity contribution is 7.11. The van der Waals surface area contributed by atoms with Gasteiger partial charge in [-0.3, -0.25) is 9.79 Å². The van der Waals surface area contributed by atoms with Crippen molar-refractivity contribution in [2.24, 2.45) is 4.99 Å². The molecule has 2 aromatic rings. The highest BCUT2D eigenvalue weighted by atomic mass is 32.1. The Hall–Kier alpha value is -2.78. The number of aryl methyl sites for hydroxylation is 1. The van der Waals surface area contributed by atoms with Gasteiger partial charge in [-0.05, 0) is 32.0 Å². The summed E-state index contributed by atoms with van der Waals surface area (Å²) in [5.41, 5.74) is 5.34. The number of aldehydes is 1. The Labute approximate surface area is 161 Å². The number of nitrogens with zero attached hydrogens (tertiary/aromatic N) is 2. The van der Waals surface area contributed by atoms with Crippen LogP contribution < -0.4 is 15.8 Å². The molecule has 0 radical (unpaired) electrons. The second-order valence-electron chi connectivity index (χ2n) is 6.10. The number of benzene rings is 1. The standard InChI is InChI=1S/C18H22N4O4S/c1-11-21-7-13(27-11)8-26-12-4-5-15(19)14(6-12)16(20-3)17(25)22-18(2,9-23)10-24/h4-7,9,24H,8,10,19H2,1-3H3,(H,22,25). The summed E-state index contributed by atoms with van der Waals surface area (Å²) < 4.78 is 5.75. The molecule has 0 aliphatic heterocycles. The molecule has 0 saturated heterocycles. The Bertz CT molecular complexity index is 865. The van der Waals surface area contributed by atoms with E-state index < -0.39 is 18.1 Å². The van der Waals surface area contributed by atoms with Gasteiger partial charge in [0.25, 0.3) is 5.91 Å². The van der Waals surface area contributed by atoms with Gasteiger partial charge in [-0.25, -0.2) is 4.98 Å². The SMILES string of the molecule is CN=C(C(=O)NC(C)(C=O)CO)c1cc(OCc2cnc(C)s2)ccc1N. The van der Waals surface area contributed by atoms with Crippen LogP contribution in [0.2, 0.25) is 0 Å². The summed E-state index contributed by atoms with van der Waals surface area (Å²) in [6.45, 7) is 3.13. The predicted molar refractivity (Wildman–Crippen MR) is 104 cm³/mol. The Morgan fingerprint density at radius 1 is 1.52 bits per heavy atom. The molecule has 1 heterocycles. The van der Waals surface area contributed by atoms with E-state index in [1.54, 1.807) is 24.4 Å². The normalized spacial score (nSPS) is 13.7. The molecule has 1 amide bonds. The van der Waals surface area contributed by atoms with Gasteiger partial charge in [0.1, 0.15) is 29.9 Å². The lowest BCUT2D eigenvalue weighted by Gasteiger charge is -2.22. The number of nitrogens with two attached hydrogens (primary N) is 1. The number of nitrogen functional groups attached to an aromatic ring is 1. The van der Waals surface area contributed by atoms with Gasteiger partial charge in [-0.2, -0.15) is 0 Å². The van der Waals surface area contributed by atoms with Crippen molar-refractivity contribution < 1.29 is 19.4 Å². The van der Waals surface area contributed by atoms with Crippen molar-refractivity contribution in [1.29, 1.82) is 0 Å². The second kappa shape index (κ2) is 8.74. The van der Waals surface area contributed by atoms with Crippen molar-refractivity contribution in [3.63, 3.8) is 0 Å². The number of hydrogen-bond acceptors (Lipinski definition) is 8. The molecule has 0 bridgehead atoms. The van der Waals surface area contributed by atoms with E-state index in [4.69, 9.17) is 10.5 Å². The smallest absolute Gasteiger partial charge is 0.270 e. The zero-order valence-electron chi connectivity index (χ0n) is 15.4. The number of carbonyl (C=O) groups is 2. The maximum Gasteiger partial charge on any atom is 0.270 e. The van der Waals surface area contributed by atoms with E-state index in [1.807, 2.05) is 6.92 Å². The minimum Gasteiger partial charge on any atom is -0.488 e. The van der Waals surface area contributed by atoms with Gasteiger partial charge in [-0.15, -0.1) is 11.3 Å². The van der Waals surface area contributed by atoms with Crippen LogP contribution in [-0.2, 0) is 16.2 Å². The quantitative estimate of drug-likeness (QED) is 0.352. The lowest BCUT2D eigenvalue weighted by Crippen LogP contribution is -2.52. The first kappa shape index (κ1) is 20.5. The fourth-order valence-electron chi connectivity index (χ4n) is 2.23. The van der Waals surface area contributed by atoms with Crippen LogP contribution in [0.15, 0.2) is 29.4 Å². The summed E-state index contributed by atoms with van der Waals surface area (Å²) in [4.78, 5) is 32.8. The third kappa shape index (κ3) is 5.11. The van der Waals surface area contributed by atoms with E-state index in [0.717, 1.165) is 9.88 Å². The molecule has 4 N–H and O–H groups in total. The summed E-state index contributed by atoms with van der Waals surface area (Å²) in [7, 11) is 1.44. The maximum absolute atomic E-state index is 12.5. The van der Waals surface area contributed by atoms with Crippen LogP contribution >= 0.6 is 11.3 Å². The van der Waals surface area contributed by atoms with E-state index in [0.29, 0.717) is 29.9 Å². The number of aliphatic hydroxyl groups excluding tert-OH is 1. The van der Waals surface area contributed by atoms with Crippen molar-refractivity contribution >= 4 is 34.9 Å². The minimum atomic E-state index is -1.40. The number of aliphatic imine (C=N–C) groups is 1. The van der Waals surface area contributed by atoms with E-state index >= 15 is 0 Å². The van der Waals surface area contributed by atoms with Crippen molar-refractivity contribution in [2.75, 3.05) is 19.4 Å². The highest BCUT2D eigenvalue weighted by Gasteiger charge is 2.28. The van der Waals surface area contributed by atoms with Crippen molar-refractivity contribution in [3.05, 3.63) is 39.8 Å². The fraction of sp³-hybridized carbons (Fsp3) is 0.333. The number of anilines is 1. The molecule has 1 aromatic carbocycles. The molecule has 144 valence electrons. The molecule has 0 saturated carbocycles. The molecule has 1 aromatic heterocycles. The molecule has 1 atom stereocenters.